The quantitative estimate of drug-likeness (QED) is 0.709. The summed E-state index contributed by atoms with van der Waals surface area (Å²) in [6, 6.07) is 9.75. The fourth-order valence-electron chi connectivity index (χ4n) is 2.96. The van der Waals surface area contributed by atoms with Crippen molar-refractivity contribution >= 4 is 5.91 Å². The molecule has 0 saturated carbocycles. The van der Waals surface area contributed by atoms with Crippen molar-refractivity contribution in [2.45, 2.75) is 26.1 Å². The smallest absolute Gasteiger partial charge is 0.346 e. The van der Waals surface area contributed by atoms with Crippen LogP contribution < -0.4 is 5.69 Å². The van der Waals surface area contributed by atoms with Crippen molar-refractivity contribution in [1.82, 2.24) is 19.2 Å². The zero-order valence-corrected chi connectivity index (χ0v) is 15.0. The molecule has 0 radical (unpaired) electrons. The van der Waals surface area contributed by atoms with E-state index in [1.54, 1.807) is 16.6 Å². The fraction of sp³-hybridized carbons (Fsp3) is 0.500. The van der Waals surface area contributed by atoms with E-state index in [1.165, 1.54) is 4.68 Å². The number of benzene rings is 1. The summed E-state index contributed by atoms with van der Waals surface area (Å²) >= 11 is 0. The Labute approximate surface area is 151 Å². The lowest BCUT2D eigenvalue weighted by atomic mass is 10.2. The monoisotopic (exact) mass is 360 g/mol. The number of carbonyl (C=O) groups is 1. The highest BCUT2D eigenvalue weighted by Gasteiger charge is 2.22. The van der Waals surface area contributed by atoms with E-state index in [-0.39, 0.29) is 18.2 Å². The van der Waals surface area contributed by atoms with E-state index in [4.69, 9.17) is 9.47 Å². The van der Waals surface area contributed by atoms with Crippen molar-refractivity contribution in [3.8, 4) is 0 Å². The van der Waals surface area contributed by atoms with Gasteiger partial charge in [0.2, 0.25) is 5.91 Å². The summed E-state index contributed by atoms with van der Waals surface area (Å²) in [7, 11) is 1.59. The minimum atomic E-state index is -0.147. The van der Waals surface area contributed by atoms with Crippen LogP contribution >= 0.6 is 0 Å². The first kappa shape index (κ1) is 18.3. The van der Waals surface area contributed by atoms with E-state index in [9.17, 15) is 9.59 Å². The van der Waals surface area contributed by atoms with Gasteiger partial charge in [-0.3, -0.25) is 9.36 Å². The van der Waals surface area contributed by atoms with Gasteiger partial charge in [0.15, 0.2) is 0 Å². The molecule has 0 unspecified atom stereocenters. The molecular formula is C18H24N4O4. The Morgan fingerprint density at radius 2 is 2.00 bits per heavy atom. The molecule has 0 spiro atoms. The predicted octanol–water partition coefficient (Wildman–Crippen LogP) is 0.293. The molecule has 0 atom stereocenters. The molecule has 2 heterocycles. The molecule has 1 aliphatic heterocycles. The number of hydrogen-bond donors (Lipinski definition) is 0. The first-order valence-electron chi connectivity index (χ1n) is 8.74. The Hall–Kier alpha value is -2.45. The van der Waals surface area contributed by atoms with Crippen LogP contribution in [0.1, 0.15) is 11.4 Å². The summed E-state index contributed by atoms with van der Waals surface area (Å²) in [4.78, 5) is 26.5. The SMILES string of the molecule is COCCn1nc2n(c1=O)CCN(C(=O)COCc1ccccc1)CC2. The average molecular weight is 360 g/mol. The van der Waals surface area contributed by atoms with Crippen molar-refractivity contribution in [3.63, 3.8) is 0 Å². The molecule has 1 aliphatic rings. The Balaban J connectivity index is 1.52. The van der Waals surface area contributed by atoms with Gasteiger partial charge in [-0.05, 0) is 5.56 Å². The van der Waals surface area contributed by atoms with Gasteiger partial charge >= 0.3 is 5.69 Å². The normalized spacial score (nSPS) is 14.1. The van der Waals surface area contributed by atoms with Crippen molar-refractivity contribution < 1.29 is 14.3 Å². The topological polar surface area (TPSA) is 78.6 Å². The van der Waals surface area contributed by atoms with Crippen molar-refractivity contribution in [2.24, 2.45) is 0 Å². The Morgan fingerprint density at radius 3 is 2.77 bits per heavy atom. The van der Waals surface area contributed by atoms with Crippen molar-refractivity contribution in [1.29, 1.82) is 0 Å². The van der Waals surface area contributed by atoms with Crippen molar-refractivity contribution in [3.05, 3.63) is 52.2 Å². The predicted molar refractivity (Wildman–Crippen MR) is 94.7 cm³/mol. The van der Waals surface area contributed by atoms with Gasteiger partial charge in [0.25, 0.3) is 0 Å². The molecule has 1 aromatic heterocycles. The summed E-state index contributed by atoms with van der Waals surface area (Å²) in [5.41, 5.74) is 0.889. The fourth-order valence-corrected chi connectivity index (χ4v) is 2.96. The van der Waals surface area contributed by atoms with Crippen LogP contribution in [0.25, 0.3) is 0 Å². The molecule has 1 aromatic carbocycles. The first-order chi connectivity index (χ1) is 12.7. The zero-order chi connectivity index (χ0) is 18.4. The van der Waals surface area contributed by atoms with Gasteiger partial charge in [-0.2, -0.15) is 5.10 Å². The second-order valence-electron chi connectivity index (χ2n) is 6.18. The highest BCUT2D eigenvalue weighted by molar-refractivity contribution is 5.77. The number of hydrogen-bond acceptors (Lipinski definition) is 5. The third-order valence-electron chi connectivity index (χ3n) is 4.40. The molecule has 2 aromatic rings. The van der Waals surface area contributed by atoms with E-state index in [0.29, 0.717) is 51.6 Å². The average Bonchev–Trinajstić information content (AvgIpc) is 2.82. The summed E-state index contributed by atoms with van der Waals surface area (Å²) in [5, 5.41) is 4.36. The number of amides is 1. The number of methoxy groups -OCH3 is 1. The summed E-state index contributed by atoms with van der Waals surface area (Å²) in [6.07, 6.45) is 0.555. The van der Waals surface area contributed by atoms with Gasteiger partial charge < -0.3 is 14.4 Å². The van der Waals surface area contributed by atoms with Crippen LogP contribution in [0, 0.1) is 0 Å². The molecule has 0 fully saturated rings. The molecule has 3 rings (SSSR count). The lowest BCUT2D eigenvalue weighted by Crippen LogP contribution is -2.37. The molecule has 0 N–H and O–H groups in total. The Bertz CT molecular complexity index is 784. The first-order valence-corrected chi connectivity index (χ1v) is 8.74. The highest BCUT2D eigenvalue weighted by Crippen LogP contribution is 2.06. The van der Waals surface area contributed by atoms with Gasteiger partial charge in [0.05, 0.1) is 19.8 Å². The maximum atomic E-state index is 12.4. The third-order valence-corrected chi connectivity index (χ3v) is 4.40. The molecule has 0 bridgehead atoms. The molecule has 8 heteroatoms. The molecule has 0 saturated heterocycles. The Morgan fingerprint density at radius 1 is 1.19 bits per heavy atom. The maximum Gasteiger partial charge on any atom is 0.346 e. The highest BCUT2D eigenvalue weighted by atomic mass is 16.5. The number of rotatable bonds is 7. The summed E-state index contributed by atoms with van der Waals surface area (Å²) in [5.74, 6) is 0.651. The molecule has 8 nitrogen and oxygen atoms in total. The zero-order valence-electron chi connectivity index (χ0n) is 15.0. The summed E-state index contributed by atoms with van der Waals surface area (Å²) in [6.45, 7) is 2.79. The van der Waals surface area contributed by atoms with Gasteiger partial charge in [0.1, 0.15) is 12.4 Å². The van der Waals surface area contributed by atoms with Crippen LogP contribution in [0.15, 0.2) is 35.1 Å². The van der Waals surface area contributed by atoms with Crippen LogP contribution in [-0.2, 0) is 40.4 Å². The number of nitrogens with zero attached hydrogens (tertiary/aromatic N) is 4. The van der Waals surface area contributed by atoms with Gasteiger partial charge in [-0.15, -0.1) is 0 Å². The lowest BCUT2D eigenvalue weighted by Gasteiger charge is -2.20. The van der Waals surface area contributed by atoms with Crippen LogP contribution in [0.5, 0.6) is 0 Å². The second-order valence-corrected chi connectivity index (χ2v) is 6.18. The van der Waals surface area contributed by atoms with Crippen LogP contribution in [0.3, 0.4) is 0 Å². The van der Waals surface area contributed by atoms with E-state index >= 15 is 0 Å². The molecule has 140 valence electrons. The largest absolute Gasteiger partial charge is 0.383 e. The molecular weight excluding hydrogens is 336 g/mol. The van der Waals surface area contributed by atoms with Crippen LogP contribution in [-0.4, -0.2) is 58.6 Å². The van der Waals surface area contributed by atoms with E-state index in [2.05, 4.69) is 5.10 Å². The van der Waals surface area contributed by atoms with E-state index < -0.39 is 0 Å². The van der Waals surface area contributed by atoms with Crippen molar-refractivity contribution in [2.75, 3.05) is 33.4 Å². The van der Waals surface area contributed by atoms with Gasteiger partial charge in [0, 0.05) is 33.2 Å². The third kappa shape index (κ3) is 4.39. The van der Waals surface area contributed by atoms with E-state index in [0.717, 1.165) is 5.56 Å². The Kier molecular flexibility index (Phi) is 6.19. The van der Waals surface area contributed by atoms with Gasteiger partial charge in [-0.1, -0.05) is 30.3 Å². The minimum Gasteiger partial charge on any atom is -0.383 e. The van der Waals surface area contributed by atoms with Crippen LogP contribution in [0.2, 0.25) is 0 Å². The maximum absolute atomic E-state index is 12.4. The second kappa shape index (κ2) is 8.77. The number of aromatic nitrogens is 3. The number of fused-ring (bicyclic) bond motifs is 1. The summed E-state index contributed by atoms with van der Waals surface area (Å²) < 4.78 is 13.6. The van der Waals surface area contributed by atoms with E-state index in [1.807, 2.05) is 30.3 Å². The minimum absolute atomic E-state index is 0.0370. The number of carbonyl (C=O) groups excluding carboxylic acids is 1. The molecule has 1 amide bonds. The standard InChI is InChI=1S/C18H24N4O4/c1-25-12-11-22-18(24)21-10-9-20(8-7-16(21)19-22)17(23)14-26-13-15-5-3-2-4-6-15/h2-6H,7-14H2,1H3. The van der Waals surface area contributed by atoms with Gasteiger partial charge in [-0.25, -0.2) is 9.48 Å². The van der Waals surface area contributed by atoms with Crippen LogP contribution in [0.4, 0.5) is 0 Å². The number of ether oxygens (including phenoxy) is 2. The molecule has 0 aliphatic carbocycles. The molecule has 26 heavy (non-hydrogen) atoms. The lowest BCUT2D eigenvalue weighted by molar-refractivity contribution is -0.136.